The van der Waals surface area contributed by atoms with E-state index in [4.69, 9.17) is 11.5 Å². The molecule has 4 N–H and O–H groups in total. The van der Waals surface area contributed by atoms with Crippen molar-refractivity contribution in [2.45, 2.75) is 18.9 Å². The highest BCUT2D eigenvalue weighted by molar-refractivity contribution is 9.11. The molecule has 2 rings (SSSR count). The predicted molar refractivity (Wildman–Crippen MR) is 77.3 cm³/mol. The molecule has 1 aliphatic rings. The SMILES string of the molecule is Cl.NC(=O)c1sc(Br)cc1N1CCC[C@H]1C(N)=O. The molecule has 2 heterocycles. The van der Waals surface area contributed by atoms with E-state index in [0.29, 0.717) is 10.6 Å². The Morgan fingerprint density at radius 1 is 1.44 bits per heavy atom. The summed E-state index contributed by atoms with van der Waals surface area (Å²) < 4.78 is 0.816. The number of primary amides is 2. The van der Waals surface area contributed by atoms with Gasteiger partial charge in [-0.05, 0) is 34.8 Å². The molecule has 1 saturated heterocycles. The summed E-state index contributed by atoms with van der Waals surface area (Å²) in [6.07, 6.45) is 1.61. The third kappa shape index (κ3) is 2.78. The second kappa shape index (κ2) is 5.90. The second-order valence-electron chi connectivity index (χ2n) is 3.88. The summed E-state index contributed by atoms with van der Waals surface area (Å²) in [4.78, 5) is 25.0. The van der Waals surface area contributed by atoms with E-state index in [1.165, 1.54) is 11.3 Å². The van der Waals surface area contributed by atoms with Crippen LogP contribution in [0.2, 0.25) is 0 Å². The van der Waals surface area contributed by atoms with E-state index in [1.807, 2.05) is 11.0 Å². The molecular formula is C10H13BrClN3O2S. The van der Waals surface area contributed by atoms with Crippen LogP contribution in [0.1, 0.15) is 22.5 Å². The van der Waals surface area contributed by atoms with Crippen LogP contribution in [0.25, 0.3) is 0 Å². The third-order valence-electron chi connectivity index (χ3n) is 2.80. The zero-order chi connectivity index (χ0) is 12.6. The van der Waals surface area contributed by atoms with Crippen molar-refractivity contribution in [3.8, 4) is 0 Å². The first-order valence-corrected chi connectivity index (χ1v) is 6.76. The zero-order valence-corrected chi connectivity index (χ0v) is 12.6. The first kappa shape index (κ1) is 15.3. The number of nitrogens with two attached hydrogens (primary N) is 2. The molecule has 0 aliphatic carbocycles. The molecule has 100 valence electrons. The number of carbonyl (C=O) groups excluding carboxylic acids is 2. The van der Waals surface area contributed by atoms with E-state index < -0.39 is 5.91 Å². The highest BCUT2D eigenvalue weighted by atomic mass is 79.9. The van der Waals surface area contributed by atoms with Crippen LogP contribution in [-0.2, 0) is 4.79 Å². The molecule has 0 unspecified atom stereocenters. The van der Waals surface area contributed by atoms with E-state index >= 15 is 0 Å². The predicted octanol–water partition coefficient (Wildman–Crippen LogP) is 1.49. The first-order chi connectivity index (χ1) is 8.00. The van der Waals surface area contributed by atoms with E-state index in [2.05, 4.69) is 15.9 Å². The number of amides is 2. The lowest BCUT2D eigenvalue weighted by atomic mass is 10.2. The van der Waals surface area contributed by atoms with Gasteiger partial charge in [-0.3, -0.25) is 9.59 Å². The van der Waals surface area contributed by atoms with Crippen molar-refractivity contribution in [1.29, 1.82) is 0 Å². The van der Waals surface area contributed by atoms with Gasteiger partial charge in [-0.1, -0.05) is 0 Å². The first-order valence-electron chi connectivity index (χ1n) is 5.16. The maximum absolute atomic E-state index is 11.3. The second-order valence-corrected chi connectivity index (χ2v) is 6.31. The van der Waals surface area contributed by atoms with Crippen LogP contribution in [0.3, 0.4) is 0 Å². The van der Waals surface area contributed by atoms with Gasteiger partial charge in [0.2, 0.25) is 5.91 Å². The van der Waals surface area contributed by atoms with E-state index in [0.717, 1.165) is 23.2 Å². The van der Waals surface area contributed by atoms with Crippen molar-refractivity contribution >= 4 is 57.2 Å². The summed E-state index contributed by atoms with van der Waals surface area (Å²) in [6.45, 7) is 0.719. The van der Waals surface area contributed by atoms with Gasteiger partial charge in [0.1, 0.15) is 10.9 Å². The Bertz CT molecular complexity index is 480. The van der Waals surface area contributed by atoms with E-state index in [1.54, 1.807) is 0 Å². The van der Waals surface area contributed by atoms with Gasteiger partial charge < -0.3 is 16.4 Å². The molecule has 1 aromatic rings. The number of carbonyl (C=O) groups is 2. The summed E-state index contributed by atoms with van der Waals surface area (Å²) in [5.74, 6) is -0.842. The highest BCUT2D eigenvalue weighted by Crippen LogP contribution is 2.36. The van der Waals surface area contributed by atoms with Gasteiger partial charge in [-0.15, -0.1) is 23.7 Å². The normalized spacial score (nSPS) is 18.5. The lowest BCUT2D eigenvalue weighted by Gasteiger charge is -2.23. The maximum Gasteiger partial charge on any atom is 0.260 e. The standard InChI is InChI=1S/C10H12BrN3O2S.ClH/c11-7-4-6(8(17-7)10(13)16)14-3-1-2-5(14)9(12)15;/h4-5H,1-3H2,(H2,12,15)(H2,13,16);1H/t5-;/m0./s1. The smallest absolute Gasteiger partial charge is 0.260 e. The van der Waals surface area contributed by atoms with Crippen LogP contribution < -0.4 is 16.4 Å². The molecule has 0 radical (unpaired) electrons. The molecule has 0 aromatic carbocycles. The quantitative estimate of drug-likeness (QED) is 0.861. The van der Waals surface area contributed by atoms with E-state index in [9.17, 15) is 9.59 Å². The fourth-order valence-corrected chi connectivity index (χ4v) is 3.54. The Morgan fingerprint density at radius 2 is 2.11 bits per heavy atom. The molecule has 0 bridgehead atoms. The molecular weight excluding hydrogens is 342 g/mol. The molecule has 5 nitrogen and oxygen atoms in total. The number of thiophene rings is 1. The van der Waals surface area contributed by atoms with Crippen molar-refractivity contribution in [3.63, 3.8) is 0 Å². The molecule has 1 aliphatic heterocycles. The lowest BCUT2D eigenvalue weighted by Crippen LogP contribution is -2.40. The minimum absolute atomic E-state index is 0. The van der Waals surface area contributed by atoms with Gasteiger partial charge in [-0.2, -0.15) is 0 Å². The fourth-order valence-electron chi connectivity index (χ4n) is 2.09. The summed E-state index contributed by atoms with van der Waals surface area (Å²) in [5, 5.41) is 0. The molecule has 0 spiro atoms. The van der Waals surface area contributed by atoms with Gasteiger partial charge in [0.05, 0.1) is 9.47 Å². The van der Waals surface area contributed by atoms with Gasteiger partial charge in [0.15, 0.2) is 0 Å². The summed E-state index contributed by atoms with van der Waals surface area (Å²) in [6, 6.07) is 1.47. The van der Waals surface area contributed by atoms with Gasteiger partial charge in [0.25, 0.3) is 5.91 Å². The molecule has 1 fully saturated rings. The van der Waals surface area contributed by atoms with Gasteiger partial charge >= 0.3 is 0 Å². The van der Waals surface area contributed by atoms with Crippen molar-refractivity contribution < 1.29 is 9.59 Å². The summed E-state index contributed by atoms with van der Waals surface area (Å²) >= 11 is 4.59. The Balaban J connectivity index is 0.00000162. The molecule has 1 aromatic heterocycles. The number of halogens is 2. The van der Waals surface area contributed by atoms with Gasteiger partial charge in [0, 0.05) is 6.54 Å². The van der Waals surface area contributed by atoms with Crippen LogP contribution in [0.4, 0.5) is 5.69 Å². The number of rotatable bonds is 3. The van der Waals surface area contributed by atoms with Crippen LogP contribution in [0.5, 0.6) is 0 Å². The Labute approximate surface area is 123 Å². The molecule has 2 amide bonds. The van der Waals surface area contributed by atoms with Crippen LogP contribution in [-0.4, -0.2) is 24.4 Å². The van der Waals surface area contributed by atoms with Crippen molar-refractivity contribution in [3.05, 3.63) is 14.7 Å². The highest BCUT2D eigenvalue weighted by Gasteiger charge is 2.32. The van der Waals surface area contributed by atoms with Crippen LogP contribution >= 0.6 is 39.7 Å². The monoisotopic (exact) mass is 353 g/mol. The molecule has 0 saturated carbocycles. The minimum atomic E-state index is -0.481. The van der Waals surface area contributed by atoms with Crippen LogP contribution in [0, 0.1) is 0 Å². The third-order valence-corrected chi connectivity index (χ3v) is 4.44. The Kier molecular flexibility index (Phi) is 5.01. The topological polar surface area (TPSA) is 89.4 Å². The van der Waals surface area contributed by atoms with Crippen molar-refractivity contribution in [2.75, 3.05) is 11.4 Å². The average Bonchev–Trinajstić information content (AvgIpc) is 2.82. The number of hydrogen-bond acceptors (Lipinski definition) is 4. The van der Waals surface area contributed by atoms with Crippen LogP contribution in [0.15, 0.2) is 9.85 Å². The Morgan fingerprint density at radius 3 is 2.67 bits per heavy atom. The van der Waals surface area contributed by atoms with Crippen molar-refractivity contribution in [2.24, 2.45) is 11.5 Å². The lowest BCUT2D eigenvalue weighted by molar-refractivity contribution is -0.119. The number of hydrogen-bond donors (Lipinski definition) is 2. The van der Waals surface area contributed by atoms with E-state index in [-0.39, 0.29) is 24.4 Å². The zero-order valence-electron chi connectivity index (χ0n) is 9.39. The maximum atomic E-state index is 11.3. The average molecular weight is 355 g/mol. The number of anilines is 1. The molecule has 1 atom stereocenters. The number of nitrogens with zero attached hydrogens (tertiary/aromatic N) is 1. The summed E-state index contributed by atoms with van der Waals surface area (Å²) in [7, 11) is 0. The van der Waals surface area contributed by atoms with Crippen molar-refractivity contribution in [1.82, 2.24) is 0 Å². The summed E-state index contributed by atoms with van der Waals surface area (Å²) in [5.41, 5.74) is 11.4. The molecule has 8 heteroatoms. The van der Waals surface area contributed by atoms with Gasteiger partial charge in [-0.25, -0.2) is 0 Å². The minimum Gasteiger partial charge on any atom is -0.368 e. The molecule has 18 heavy (non-hydrogen) atoms. The Hall–Kier alpha value is -0.790. The largest absolute Gasteiger partial charge is 0.368 e. The fraction of sp³-hybridized carbons (Fsp3) is 0.400.